The van der Waals surface area contributed by atoms with Crippen molar-refractivity contribution in [3.63, 3.8) is 0 Å². The maximum absolute atomic E-state index is 6.06. The second kappa shape index (κ2) is 6.31. The highest BCUT2D eigenvalue weighted by atomic mass is 16.5. The third-order valence-electron chi connectivity index (χ3n) is 4.28. The van der Waals surface area contributed by atoms with E-state index in [1.165, 1.54) is 16.7 Å². The van der Waals surface area contributed by atoms with E-state index in [2.05, 4.69) is 60.8 Å². The Hall–Kier alpha value is -1.80. The Bertz CT molecular complexity index is 594. The summed E-state index contributed by atoms with van der Waals surface area (Å²) in [5, 5.41) is 3.42. The Morgan fingerprint density at radius 1 is 1.19 bits per heavy atom. The lowest BCUT2D eigenvalue weighted by molar-refractivity contribution is 0.212. The van der Waals surface area contributed by atoms with Crippen molar-refractivity contribution in [1.29, 1.82) is 0 Å². The lowest BCUT2D eigenvalue weighted by Crippen LogP contribution is -2.20. The van der Waals surface area contributed by atoms with Gasteiger partial charge in [0, 0.05) is 12.5 Å². The van der Waals surface area contributed by atoms with Gasteiger partial charge in [0.25, 0.3) is 0 Å². The van der Waals surface area contributed by atoms with Gasteiger partial charge in [0.05, 0.1) is 0 Å². The molecule has 0 fully saturated rings. The smallest absolute Gasteiger partial charge is 0.123 e. The van der Waals surface area contributed by atoms with Crippen LogP contribution < -0.4 is 10.1 Å². The van der Waals surface area contributed by atoms with Crippen LogP contribution in [0.2, 0.25) is 0 Å². The number of aryl methyl sites for hydroxylation is 1. The number of benzene rings is 2. The zero-order valence-electron chi connectivity index (χ0n) is 12.8. The summed E-state index contributed by atoms with van der Waals surface area (Å²) in [4.78, 5) is 0. The molecule has 2 unspecified atom stereocenters. The molecule has 2 nitrogen and oxygen atoms in total. The van der Waals surface area contributed by atoms with E-state index < -0.39 is 0 Å². The van der Waals surface area contributed by atoms with Crippen molar-refractivity contribution >= 4 is 0 Å². The van der Waals surface area contributed by atoms with Crippen LogP contribution in [0.25, 0.3) is 0 Å². The summed E-state index contributed by atoms with van der Waals surface area (Å²) in [6, 6.07) is 17.5. The number of ether oxygens (including phenoxy) is 1. The molecule has 0 aliphatic carbocycles. The van der Waals surface area contributed by atoms with Crippen molar-refractivity contribution in [2.24, 2.45) is 0 Å². The Labute approximate surface area is 127 Å². The van der Waals surface area contributed by atoms with Gasteiger partial charge in [-0.25, -0.2) is 0 Å². The quantitative estimate of drug-likeness (QED) is 0.893. The molecule has 1 N–H and O–H groups in total. The van der Waals surface area contributed by atoms with Gasteiger partial charge in [0.2, 0.25) is 0 Å². The van der Waals surface area contributed by atoms with E-state index in [0.29, 0.717) is 12.1 Å². The summed E-state index contributed by atoms with van der Waals surface area (Å²) in [6.07, 6.45) is 3.54. The minimum atomic E-state index is 0.321. The van der Waals surface area contributed by atoms with Crippen molar-refractivity contribution in [2.45, 2.75) is 38.3 Å². The number of hydrogen-bond donors (Lipinski definition) is 1. The summed E-state index contributed by atoms with van der Waals surface area (Å²) in [6.45, 7) is 2.14. The van der Waals surface area contributed by atoms with Crippen LogP contribution in [0.3, 0.4) is 0 Å². The van der Waals surface area contributed by atoms with Crippen LogP contribution in [0, 0.1) is 6.92 Å². The van der Waals surface area contributed by atoms with E-state index >= 15 is 0 Å². The van der Waals surface area contributed by atoms with Crippen LogP contribution in [0.5, 0.6) is 5.75 Å². The second-order valence-corrected chi connectivity index (χ2v) is 5.88. The van der Waals surface area contributed by atoms with Gasteiger partial charge >= 0.3 is 0 Å². The molecule has 1 aliphatic rings. The maximum atomic E-state index is 6.06. The zero-order chi connectivity index (χ0) is 14.7. The predicted octanol–water partition coefficient (Wildman–Crippen LogP) is 4.04. The van der Waals surface area contributed by atoms with Crippen LogP contribution in [0.4, 0.5) is 0 Å². The Balaban J connectivity index is 1.59. The van der Waals surface area contributed by atoms with E-state index in [-0.39, 0.29) is 0 Å². The van der Waals surface area contributed by atoms with Gasteiger partial charge in [-0.1, -0.05) is 48.0 Å². The highest BCUT2D eigenvalue weighted by Gasteiger charge is 2.23. The van der Waals surface area contributed by atoms with Gasteiger partial charge in [-0.05, 0) is 44.0 Å². The highest BCUT2D eigenvalue weighted by molar-refractivity contribution is 5.40. The summed E-state index contributed by atoms with van der Waals surface area (Å²) < 4.78 is 6.06. The van der Waals surface area contributed by atoms with Crippen molar-refractivity contribution < 1.29 is 4.74 Å². The fraction of sp³-hybridized carbons (Fsp3) is 0.368. The topological polar surface area (TPSA) is 21.3 Å². The first-order valence-electron chi connectivity index (χ1n) is 7.74. The van der Waals surface area contributed by atoms with E-state index in [4.69, 9.17) is 4.74 Å². The van der Waals surface area contributed by atoms with Crippen LogP contribution >= 0.6 is 0 Å². The third-order valence-corrected chi connectivity index (χ3v) is 4.28. The molecular formula is C19H23NO. The molecule has 0 amide bonds. The van der Waals surface area contributed by atoms with Crippen LogP contribution in [-0.2, 0) is 6.42 Å². The first kappa shape index (κ1) is 14.2. The molecule has 0 radical (unpaired) electrons. The van der Waals surface area contributed by atoms with E-state index in [1.807, 2.05) is 7.05 Å². The van der Waals surface area contributed by atoms with Crippen LogP contribution in [0.1, 0.15) is 35.6 Å². The Morgan fingerprint density at radius 2 is 2.00 bits per heavy atom. The molecular weight excluding hydrogens is 258 g/mol. The van der Waals surface area contributed by atoms with Crippen molar-refractivity contribution in [1.82, 2.24) is 5.32 Å². The van der Waals surface area contributed by atoms with Gasteiger partial charge in [0.1, 0.15) is 11.9 Å². The largest absolute Gasteiger partial charge is 0.490 e. The number of hydrogen-bond acceptors (Lipinski definition) is 2. The Morgan fingerprint density at radius 3 is 2.76 bits per heavy atom. The minimum Gasteiger partial charge on any atom is -0.490 e. The summed E-state index contributed by atoms with van der Waals surface area (Å²) in [5.74, 6) is 1.08. The zero-order valence-corrected chi connectivity index (χ0v) is 12.8. The number of rotatable bonds is 5. The van der Waals surface area contributed by atoms with Gasteiger partial charge < -0.3 is 10.1 Å². The van der Waals surface area contributed by atoms with Crippen molar-refractivity contribution in [2.75, 3.05) is 7.05 Å². The first-order chi connectivity index (χ1) is 10.3. The maximum Gasteiger partial charge on any atom is 0.123 e. The molecule has 3 rings (SSSR count). The van der Waals surface area contributed by atoms with Gasteiger partial charge in [-0.15, -0.1) is 0 Å². The molecule has 0 spiro atoms. The van der Waals surface area contributed by atoms with Crippen LogP contribution in [0.15, 0.2) is 48.5 Å². The Kier molecular flexibility index (Phi) is 4.26. The van der Waals surface area contributed by atoms with Crippen molar-refractivity contribution in [3.8, 4) is 5.75 Å². The normalized spacial score (nSPS) is 18.1. The lowest BCUT2D eigenvalue weighted by Gasteiger charge is -2.19. The first-order valence-corrected chi connectivity index (χ1v) is 7.74. The average Bonchev–Trinajstić information content (AvgIpc) is 2.91. The SMILES string of the molecule is CNC(CCC1Cc2cc(C)ccc2O1)c1ccccc1. The summed E-state index contributed by atoms with van der Waals surface area (Å²) in [7, 11) is 2.03. The standard InChI is InChI=1S/C19H23NO/c1-14-8-11-19-16(12-14)13-17(21-19)9-10-18(20-2)15-6-4-3-5-7-15/h3-8,11-12,17-18,20H,9-10,13H2,1-2H3. The highest BCUT2D eigenvalue weighted by Crippen LogP contribution is 2.32. The molecule has 2 heteroatoms. The molecule has 110 valence electrons. The van der Waals surface area contributed by atoms with Gasteiger partial charge in [-0.3, -0.25) is 0 Å². The second-order valence-electron chi connectivity index (χ2n) is 5.88. The predicted molar refractivity (Wildman–Crippen MR) is 86.8 cm³/mol. The fourth-order valence-electron chi connectivity index (χ4n) is 3.13. The number of nitrogens with one attached hydrogen (secondary N) is 1. The van der Waals surface area contributed by atoms with Crippen LogP contribution in [-0.4, -0.2) is 13.2 Å². The minimum absolute atomic E-state index is 0.321. The monoisotopic (exact) mass is 281 g/mol. The van der Waals surface area contributed by atoms with E-state index in [9.17, 15) is 0 Å². The molecule has 1 heterocycles. The number of fused-ring (bicyclic) bond motifs is 1. The molecule has 2 aromatic carbocycles. The molecule has 0 saturated carbocycles. The molecule has 21 heavy (non-hydrogen) atoms. The average molecular weight is 281 g/mol. The third kappa shape index (κ3) is 3.27. The molecule has 2 aromatic rings. The molecule has 0 saturated heterocycles. The van der Waals surface area contributed by atoms with E-state index in [1.54, 1.807) is 0 Å². The van der Waals surface area contributed by atoms with Gasteiger partial charge in [0.15, 0.2) is 0 Å². The summed E-state index contributed by atoms with van der Waals surface area (Å²) in [5.41, 5.74) is 4.03. The molecule has 2 atom stereocenters. The van der Waals surface area contributed by atoms with Gasteiger partial charge in [-0.2, -0.15) is 0 Å². The van der Waals surface area contributed by atoms with Crippen molar-refractivity contribution in [3.05, 3.63) is 65.2 Å². The molecule has 1 aliphatic heterocycles. The molecule has 0 bridgehead atoms. The van der Waals surface area contributed by atoms with E-state index in [0.717, 1.165) is 25.0 Å². The summed E-state index contributed by atoms with van der Waals surface area (Å²) >= 11 is 0. The lowest BCUT2D eigenvalue weighted by atomic mass is 9.98. The molecule has 0 aromatic heterocycles. The fourth-order valence-corrected chi connectivity index (χ4v) is 3.13.